The Bertz CT molecular complexity index is 2780. The first-order valence-corrected chi connectivity index (χ1v) is 19.0. The van der Waals surface area contributed by atoms with Gasteiger partial charge in [0.15, 0.2) is 11.3 Å². The second-order valence-corrected chi connectivity index (χ2v) is 14.7. The van der Waals surface area contributed by atoms with Gasteiger partial charge in [0, 0.05) is 11.6 Å². The predicted molar refractivity (Wildman–Crippen MR) is 197 cm³/mol. The number of hydrogen-bond donors (Lipinski definition) is 3. The van der Waals surface area contributed by atoms with E-state index in [0.29, 0.717) is 27.8 Å². The van der Waals surface area contributed by atoms with Crippen LogP contribution in [0.5, 0.6) is 11.6 Å². The Morgan fingerprint density at radius 1 is 0.796 bits per heavy atom. The molecule has 0 bridgehead atoms. The number of ether oxygens (including phenoxy) is 1. The average Bonchev–Trinajstić information content (AvgIpc) is 3.52. The molecule has 19 heteroatoms. The summed E-state index contributed by atoms with van der Waals surface area (Å²) in [4.78, 5) is 3.92. The van der Waals surface area contributed by atoms with Gasteiger partial charge in [0.25, 0.3) is 20.2 Å². The minimum Gasteiger partial charge on any atom is -0.493 e. The fourth-order valence-corrected chi connectivity index (χ4v) is 6.41. The minimum atomic E-state index is -4.79. The van der Waals surface area contributed by atoms with E-state index in [0.717, 1.165) is 6.07 Å². The van der Waals surface area contributed by atoms with E-state index >= 15 is 0 Å². The molecule has 17 nitrogen and oxygen atoms in total. The Morgan fingerprint density at radius 3 is 2.20 bits per heavy atom. The molecule has 0 radical (unpaired) electrons. The number of imidazole rings is 1. The molecule has 0 atom stereocenters. The molecule has 6 aromatic rings. The molecule has 2 heterocycles. The molecule has 6 rings (SSSR count). The van der Waals surface area contributed by atoms with E-state index < -0.39 is 30.9 Å². The topological polar surface area (TPSA) is 253 Å². The molecular weight excluding hydrogens is 739 g/mol. The molecule has 2 aromatic heterocycles. The first-order valence-electron chi connectivity index (χ1n) is 15.9. The van der Waals surface area contributed by atoms with Crippen molar-refractivity contribution in [2.45, 2.75) is 25.2 Å². The number of azo groups is 3. The van der Waals surface area contributed by atoms with Crippen LogP contribution in [0.4, 0.5) is 34.1 Å². The van der Waals surface area contributed by atoms with E-state index in [1.807, 2.05) is 0 Å². The lowest BCUT2D eigenvalue weighted by Gasteiger charge is -2.12. The van der Waals surface area contributed by atoms with E-state index in [4.69, 9.17) is 9.29 Å². The Hall–Kier alpha value is -6.46. The van der Waals surface area contributed by atoms with Crippen LogP contribution in [0.2, 0.25) is 0 Å². The summed E-state index contributed by atoms with van der Waals surface area (Å²) in [5, 5.41) is 46.3. The number of nitriles is 1. The third kappa shape index (κ3) is 8.27. The largest absolute Gasteiger partial charge is 0.493 e. The van der Waals surface area contributed by atoms with Gasteiger partial charge < -0.3 is 9.84 Å². The fraction of sp³-hybridized carbons (Fsp3) is 0.143. The summed E-state index contributed by atoms with van der Waals surface area (Å²) >= 11 is 0. The normalized spacial score (nSPS) is 12.4. The lowest BCUT2D eigenvalue weighted by Crippen LogP contribution is -2.08. The molecule has 0 aliphatic carbocycles. The smallest absolute Gasteiger partial charge is 0.296 e. The van der Waals surface area contributed by atoms with Gasteiger partial charge in [0.2, 0.25) is 5.88 Å². The monoisotopic (exact) mass is 767 g/mol. The van der Waals surface area contributed by atoms with Crippen molar-refractivity contribution < 1.29 is 35.8 Å². The second kappa shape index (κ2) is 15.3. The van der Waals surface area contributed by atoms with Crippen molar-refractivity contribution >= 4 is 71.0 Å². The van der Waals surface area contributed by atoms with Gasteiger partial charge in [-0.25, -0.2) is 4.98 Å². The number of para-hydroxylation sites is 2. The molecule has 4 aromatic carbocycles. The molecule has 0 unspecified atom stereocenters. The van der Waals surface area contributed by atoms with Crippen LogP contribution < -0.4 is 4.74 Å². The van der Waals surface area contributed by atoms with Crippen LogP contribution in [0.15, 0.2) is 121 Å². The van der Waals surface area contributed by atoms with Crippen molar-refractivity contribution in [3.63, 3.8) is 0 Å². The van der Waals surface area contributed by atoms with E-state index in [1.165, 1.54) is 28.7 Å². The van der Waals surface area contributed by atoms with Gasteiger partial charge >= 0.3 is 0 Å². The number of aromatic nitrogens is 2. The van der Waals surface area contributed by atoms with Gasteiger partial charge in [-0.15, -0.1) is 15.3 Å². The molecule has 0 amide bonds. The maximum absolute atomic E-state index is 12.3. The maximum atomic E-state index is 12.3. The molecule has 0 aliphatic rings. The van der Waals surface area contributed by atoms with Gasteiger partial charge in [-0.2, -0.15) is 37.4 Å². The van der Waals surface area contributed by atoms with Crippen molar-refractivity contribution in [3.05, 3.63) is 102 Å². The number of rotatable bonds is 12. The number of hydrogen-bond acceptors (Lipinski definition) is 14. The van der Waals surface area contributed by atoms with Crippen LogP contribution >= 0.6 is 0 Å². The third-order valence-electron chi connectivity index (χ3n) is 7.91. The summed E-state index contributed by atoms with van der Waals surface area (Å²) in [7, 11) is -9.06. The highest BCUT2D eigenvalue weighted by molar-refractivity contribution is 7.86. The fourth-order valence-electron chi connectivity index (χ4n) is 5.28. The van der Waals surface area contributed by atoms with Crippen molar-refractivity contribution in [1.82, 2.24) is 9.38 Å². The lowest BCUT2D eigenvalue weighted by molar-refractivity contribution is 0.317. The van der Waals surface area contributed by atoms with E-state index in [9.17, 15) is 31.8 Å². The zero-order valence-corrected chi connectivity index (χ0v) is 30.1. The molecule has 0 fully saturated rings. The summed E-state index contributed by atoms with van der Waals surface area (Å²) in [6.45, 7) is 3.04. The highest BCUT2D eigenvalue weighted by atomic mass is 32.2. The molecule has 0 aliphatic heterocycles. The van der Waals surface area contributed by atoms with Gasteiger partial charge in [-0.1, -0.05) is 30.3 Å². The average molecular weight is 768 g/mol. The highest BCUT2D eigenvalue weighted by Crippen LogP contribution is 2.41. The van der Waals surface area contributed by atoms with Crippen LogP contribution in [0, 0.1) is 25.2 Å². The quantitative estimate of drug-likeness (QED) is 0.0605. The van der Waals surface area contributed by atoms with Gasteiger partial charge in [-0.05, 0) is 74.4 Å². The predicted octanol–water partition coefficient (Wildman–Crippen LogP) is 8.83. The minimum absolute atomic E-state index is 0.0227. The summed E-state index contributed by atoms with van der Waals surface area (Å²) in [5.41, 5.74) is 2.95. The second-order valence-electron chi connectivity index (χ2n) is 11.7. The van der Waals surface area contributed by atoms with Crippen molar-refractivity contribution in [1.29, 1.82) is 5.26 Å². The highest BCUT2D eigenvalue weighted by Gasteiger charge is 2.21. The Labute approximate surface area is 308 Å². The Balaban J connectivity index is 1.38. The molecule has 0 spiro atoms. The van der Waals surface area contributed by atoms with Crippen molar-refractivity contribution in [2.24, 2.45) is 30.7 Å². The summed E-state index contributed by atoms with van der Waals surface area (Å²) in [5.74, 6) is -0.865. The van der Waals surface area contributed by atoms with Gasteiger partial charge in [0.1, 0.15) is 33.7 Å². The molecule has 0 saturated heterocycles. The zero-order chi connectivity index (χ0) is 38.6. The number of pyridine rings is 1. The first kappa shape index (κ1) is 37.3. The number of nitrogens with zero attached hydrogens (tertiary/aromatic N) is 9. The summed E-state index contributed by atoms with van der Waals surface area (Å²) in [6, 6.07) is 24.6. The van der Waals surface area contributed by atoms with E-state index in [2.05, 4.69) is 41.7 Å². The summed E-state index contributed by atoms with van der Waals surface area (Å²) in [6.07, 6.45) is -0.0956. The Morgan fingerprint density at radius 2 is 1.48 bits per heavy atom. The lowest BCUT2D eigenvalue weighted by atomic mass is 10.1. The third-order valence-corrected chi connectivity index (χ3v) is 9.60. The summed E-state index contributed by atoms with van der Waals surface area (Å²) < 4.78 is 73.6. The van der Waals surface area contributed by atoms with E-state index in [1.54, 1.807) is 68.4 Å². The van der Waals surface area contributed by atoms with Crippen LogP contribution in [0.25, 0.3) is 16.7 Å². The zero-order valence-electron chi connectivity index (χ0n) is 28.4. The van der Waals surface area contributed by atoms with E-state index in [-0.39, 0.29) is 64.3 Å². The number of aryl methyl sites for hydroxylation is 1. The molecular formula is C35H29N9O8S2. The van der Waals surface area contributed by atoms with Crippen LogP contribution in [0.1, 0.15) is 23.1 Å². The molecule has 274 valence electrons. The molecule has 54 heavy (non-hydrogen) atoms. The van der Waals surface area contributed by atoms with Crippen LogP contribution in [0.3, 0.4) is 0 Å². The van der Waals surface area contributed by atoms with Crippen LogP contribution in [-0.2, 0) is 20.2 Å². The van der Waals surface area contributed by atoms with Gasteiger partial charge in [0.05, 0.1) is 40.5 Å². The van der Waals surface area contributed by atoms with Crippen LogP contribution in [-0.4, -0.2) is 52.8 Å². The maximum Gasteiger partial charge on any atom is 0.296 e. The first-order chi connectivity index (χ1) is 25.7. The number of fused-ring (bicyclic) bond motifs is 3. The SMILES string of the molecule is Cc1cc(N=Nc2c(C)c(C#N)c3nc4ccccc4n3c2O)c(OCCCS(=O)(=O)O)cc1N=Nc1ccc(N=Nc2ccccc2)cc1S(=O)(=O)O. The molecule has 3 N–H and O–H groups in total. The number of aromatic hydroxyl groups is 1. The van der Waals surface area contributed by atoms with Crippen molar-refractivity contribution in [3.8, 4) is 17.7 Å². The Kier molecular flexibility index (Phi) is 10.5. The number of benzene rings is 4. The standard InChI is InChI=1S/C35H29N9O8S2/c1-21-17-29(42-43-33-22(2)25(20-36)34-37-26-11-6-7-12-30(26)44(34)35(33)45)31(52-15-8-16-53(46,47)48)19-28(21)41-40-27-14-13-24(18-32(27)54(49,50)51)39-38-23-9-4-3-5-10-23/h3-7,9-14,17-19,45H,8,15-16H2,1-2H3,(H,46,47,48)(H,49,50,51). The molecule has 0 saturated carbocycles. The van der Waals surface area contributed by atoms with Gasteiger partial charge in [-0.3, -0.25) is 13.5 Å². The van der Waals surface area contributed by atoms with Crippen molar-refractivity contribution in [2.75, 3.05) is 12.4 Å².